The van der Waals surface area contributed by atoms with Gasteiger partial charge in [0.15, 0.2) is 11.0 Å². The highest BCUT2D eigenvalue weighted by Crippen LogP contribution is 2.26. The van der Waals surface area contributed by atoms with Crippen LogP contribution in [0.5, 0.6) is 0 Å². The van der Waals surface area contributed by atoms with Crippen molar-refractivity contribution < 1.29 is 9.21 Å². The van der Waals surface area contributed by atoms with Gasteiger partial charge in [-0.2, -0.15) is 0 Å². The van der Waals surface area contributed by atoms with E-state index in [2.05, 4.69) is 21.6 Å². The number of benzene rings is 1. The molecule has 3 aromatic rings. The Kier molecular flexibility index (Phi) is 4.94. The number of thioether (sulfide) groups is 1. The van der Waals surface area contributed by atoms with Gasteiger partial charge in [0.25, 0.3) is 0 Å². The van der Waals surface area contributed by atoms with Crippen molar-refractivity contribution >= 4 is 23.4 Å². The van der Waals surface area contributed by atoms with Gasteiger partial charge in [0.1, 0.15) is 5.76 Å². The van der Waals surface area contributed by atoms with Gasteiger partial charge in [0, 0.05) is 12.7 Å². The molecular weight excluding hydrogens is 336 g/mol. The number of aromatic nitrogens is 3. The average Bonchev–Trinajstić information content (AvgIpc) is 3.10. The van der Waals surface area contributed by atoms with E-state index in [0.29, 0.717) is 5.16 Å². The number of amides is 1. The summed E-state index contributed by atoms with van der Waals surface area (Å²) in [6.07, 6.45) is 1.63. The lowest BCUT2D eigenvalue weighted by Crippen LogP contribution is -2.14. The van der Waals surface area contributed by atoms with Gasteiger partial charge in [-0.05, 0) is 50.1 Å². The van der Waals surface area contributed by atoms with Crippen LogP contribution >= 0.6 is 11.8 Å². The quantitative estimate of drug-likeness (QED) is 0.705. The van der Waals surface area contributed by atoms with Crippen LogP contribution < -0.4 is 5.32 Å². The van der Waals surface area contributed by atoms with E-state index < -0.39 is 0 Å². The van der Waals surface area contributed by atoms with Gasteiger partial charge in [-0.3, -0.25) is 4.79 Å². The van der Waals surface area contributed by atoms with E-state index in [4.69, 9.17) is 4.42 Å². The number of carbonyl (C=O) groups excluding carboxylic acids is 1. The molecule has 25 heavy (non-hydrogen) atoms. The molecule has 0 saturated carbocycles. The molecule has 1 amide bonds. The van der Waals surface area contributed by atoms with Gasteiger partial charge >= 0.3 is 0 Å². The molecule has 3 rings (SSSR count). The number of hydrogen-bond acceptors (Lipinski definition) is 5. The Morgan fingerprint density at radius 3 is 2.56 bits per heavy atom. The zero-order chi connectivity index (χ0) is 18.0. The third-order valence-electron chi connectivity index (χ3n) is 3.77. The fourth-order valence-electron chi connectivity index (χ4n) is 2.67. The van der Waals surface area contributed by atoms with E-state index in [9.17, 15) is 4.79 Å². The Labute approximate surface area is 150 Å². The number of rotatable bonds is 5. The number of nitrogens with one attached hydrogen (secondary N) is 1. The van der Waals surface area contributed by atoms with Crippen LogP contribution in [0.15, 0.2) is 40.1 Å². The SMILES string of the molecule is Cc1cc(C)cc(NC(=O)CSc2nnc(-c3ccoc3C)n2C)c1. The Hall–Kier alpha value is -2.54. The van der Waals surface area contributed by atoms with E-state index in [0.717, 1.165) is 34.0 Å². The second-order valence-corrected chi connectivity index (χ2v) is 6.91. The van der Waals surface area contributed by atoms with Crippen molar-refractivity contribution in [3.8, 4) is 11.4 Å². The summed E-state index contributed by atoms with van der Waals surface area (Å²) in [6, 6.07) is 7.85. The smallest absolute Gasteiger partial charge is 0.234 e. The highest BCUT2D eigenvalue weighted by molar-refractivity contribution is 7.99. The van der Waals surface area contributed by atoms with E-state index in [1.807, 2.05) is 50.6 Å². The third-order valence-corrected chi connectivity index (χ3v) is 4.79. The van der Waals surface area contributed by atoms with Gasteiger partial charge < -0.3 is 14.3 Å². The molecule has 1 N–H and O–H groups in total. The van der Waals surface area contributed by atoms with Crippen LogP contribution in [-0.2, 0) is 11.8 Å². The van der Waals surface area contributed by atoms with Crippen molar-refractivity contribution in [2.75, 3.05) is 11.1 Å². The Balaban J connectivity index is 1.65. The molecule has 7 heteroatoms. The normalized spacial score (nSPS) is 10.9. The molecule has 2 heterocycles. The van der Waals surface area contributed by atoms with Crippen LogP contribution in [0.3, 0.4) is 0 Å². The molecule has 2 aromatic heterocycles. The molecule has 0 saturated heterocycles. The van der Waals surface area contributed by atoms with Crippen molar-refractivity contribution in [3.63, 3.8) is 0 Å². The molecule has 0 spiro atoms. The second kappa shape index (κ2) is 7.14. The summed E-state index contributed by atoms with van der Waals surface area (Å²) < 4.78 is 7.18. The molecule has 0 aliphatic heterocycles. The Bertz CT molecular complexity index is 893. The first-order valence-corrected chi connectivity index (χ1v) is 8.87. The van der Waals surface area contributed by atoms with Gasteiger partial charge in [0.2, 0.25) is 5.91 Å². The summed E-state index contributed by atoms with van der Waals surface area (Å²) >= 11 is 1.35. The first kappa shape index (κ1) is 17.3. The molecule has 0 atom stereocenters. The lowest BCUT2D eigenvalue weighted by atomic mass is 10.1. The van der Waals surface area contributed by atoms with Crippen LogP contribution in [0.25, 0.3) is 11.4 Å². The molecule has 130 valence electrons. The summed E-state index contributed by atoms with van der Waals surface area (Å²) in [5.74, 6) is 1.71. The van der Waals surface area contributed by atoms with Crippen molar-refractivity contribution in [1.82, 2.24) is 14.8 Å². The lowest BCUT2D eigenvalue weighted by Gasteiger charge is -2.07. The Morgan fingerprint density at radius 2 is 1.92 bits per heavy atom. The van der Waals surface area contributed by atoms with E-state index in [1.54, 1.807) is 6.26 Å². The molecule has 1 aromatic carbocycles. The molecular formula is C18H20N4O2S. The molecule has 6 nitrogen and oxygen atoms in total. The van der Waals surface area contributed by atoms with Gasteiger partial charge in [0.05, 0.1) is 17.6 Å². The Morgan fingerprint density at radius 1 is 1.20 bits per heavy atom. The van der Waals surface area contributed by atoms with Crippen LogP contribution in [0, 0.1) is 20.8 Å². The summed E-state index contributed by atoms with van der Waals surface area (Å²) in [7, 11) is 1.88. The summed E-state index contributed by atoms with van der Waals surface area (Å²) in [5.41, 5.74) is 3.96. The molecule has 0 aliphatic carbocycles. The van der Waals surface area contributed by atoms with Crippen LogP contribution in [0.2, 0.25) is 0 Å². The topological polar surface area (TPSA) is 73.0 Å². The maximum Gasteiger partial charge on any atom is 0.234 e. The predicted molar refractivity (Wildman–Crippen MR) is 98.7 cm³/mol. The first-order valence-electron chi connectivity index (χ1n) is 7.89. The van der Waals surface area contributed by atoms with Crippen LogP contribution in [0.1, 0.15) is 16.9 Å². The largest absolute Gasteiger partial charge is 0.469 e. The zero-order valence-electron chi connectivity index (χ0n) is 14.7. The molecule has 0 aliphatic rings. The third kappa shape index (κ3) is 3.93. The average molecular weight is 356 g/mol. The summed E-state index contributed by atoms with van der Waals surface area (Å²) in [6.45, 7) is 5.90. The predicted octanol–water partition coefficient (Wildman–Crippen LogP) is 3.73. The van der Waals surface area contributed by atoms with Crippen molar-refractivity contribution in [2.24, 2.45) is 7.05 Å². The van der Waals surface area contributed by atoms with E-state index in [-0.39, 0.29) is 11.7 Å². The number of aryl methyl sites for hydroxylation is 3. The fraction of sp³-hybridized carbons (Fsp3) is 0.278. The fourth-order valence-corrected chi connectivity index (χ4v) is 3.38. The zero-order valence-corrected chi connectivity index (χ0v) is 15.5. The molecule has 0 radical (unpaired) electrons. The van der Waals surface area contributed by atoms with Crippen LogP contribution in [-0.4, -0.2) is 26.4 Å². The lowest BCUT2D eigenvalue weighted by molar-refractivity contribution is -0.113. The number of nitrogens with zero attached hydrogens (tertiary/aromatic N) is 3. The standard InChI is InChI=1S/C18H20N4O2S/c1-11-7-12(2)9-14(8-11)19-16(23)10-25-18-21-20-17(22(18)4)15-5-6-24-13(15)3/h5-9H,10H2,1-4H3,(H,19,23). The van der Waals surface area contributed by atoms with E-state index >= 15 is 0 Å². The van der Waals surface area contributed by atoms with Gasteiger partial charge in [-0.25, -0.2) is 0 Å². The highest BCUT2D eigenvalue weighted by Gasteiger charge is 2.15. The van der Waals surface area contributed by atoms with Crippen molar-refractivity contribution in [3.05, 3.63) is 47.4 Å². The molecule has 0 unspecified atom stereocenters. The maximum absolute atomic E-state index is 12.2. The summed E-state index contributed by atoms with van der Waals surface area (Å²) in [5, 5.41) is 12.0. The minimum absolute atomic E-state index is 0.0703. The van der Waals surface area contributed by atoms with Crippen molar-refractivity contribution in [1.29, 1.82) is 0 Å². The maximum atomic E-state index is 12.2. The summed E-state index contributed by atoms with van der Waals surface area (Å²) in [4.78, 5) is 12.2. The van der Waals surface area contributed by atoms with Crippen molar-refractivity contribution in [2.45, 2.75) is 25.9 Å². The number of furan rings is 1. The molecule has 0 bridgehead atoms. The monoisotopic (exact) mass is 356 g/mol. The minimum atomic E-state index is -0.0703. The number of anilines is 1. The number of carbonyl (C=O) groups is 1. The first-order chi connectivity index (χ1) is 11.9. The molecule has 0 fully saturated rings. The van der Waals surface area contributed by atoms with Crippen LogP contribution in [0.4, 0.5) is 5.69 Å². The second-order valence-electron chi connectivity index (χ2n) is 5.97. The minimum Gasteiger partial charge on any atom is -0.469 e. The highest BCUT2D eigenvalue weighted by atomic mass is 32.2. The number of hydrogen-bond donors (Lipinski definition) is 1. The van der Waals surface area contributed by atoms with E-state index in [1.165, 1.54) is 11.8 Å². The van der Waals surface area contributed by atoms with Gasteiger partial charge in [-0.1, -0.05) is 17.8 Å². The van der Waals surface area contributed by atoms with Gasteiger partial charge in [-0.15, -0.1) is 10.2 Å².